The van der Waals surface area contributed by atoms with E-state index in [2.05, 4.69) is 56.5 Å². The van der Waals surface area contributed by atoms with Gasteiger partial charge in [-0.25, -0.2) is 13.8 Å². The SMILES string of the molecule is CCCCC(CCC)CCC(F)CNC(C)/C(C(=O)NC1=CNCC(F)C1N1CCN2CCN(C)CC2C1)=C(/N)N=C(C)CC. The monoisotopic (exact) mass is 637 g/mol. The van der Waals surface area contributed by atoms with Crippen molar-refractivity contribution in [2.24, 2.45) is 16.6 Å². The van der Waals surface area contributed by atoms with E-state index >= 15 is 8.78 Å². The van der Waals surface area contributed by atoms with Gasteiger partial charge in [0.2, 0.25) is 0 Å². The molecule has 3 aliphatic heterocycles. The summed E-state index contributed by atoms with van der Waals surface area (Å²) in [5.74, 6) is 0.211. The van der Waals surface area contributed by atoms with Crippen LogP contribution in [0.1, 0.15) is 86.0 Å². The first-order valence-electron chi connectivity index (χ1n) is 17.5. The second-order valence-electron chi connectivity index (χ2n) is 13.5. The van der Waals surface area contributed by atoms with Crippen molar-refractivity contribution in [1.82, 2.24) is 30.7 Å². The first-order valence-corrected chi connectivity index (χ1v) is 17.5. The Bertz CT molecular complexity index is 1020. The van der Waals surface area contributed by atoms with E-state index in [0.717, 1.165) is 77.1 Å². The predicted molar refractivity (Wildman–Crippen MR) is 181 cm³/mol. The number of halogens is 2. The second-order valence-corrected chi connectivity index (χ2v) is 13.5. The summed E-state index contributed by atoms with van der Waals surface area (Å²) >= 11 is 0. The van der Waals surface area contributed by atoms with E-state index in [9.17, 15) is 4.79 Å². The van der Waals surface area contributed by atoms with Gasteiger partial charge in [-0.05, 0) is 46.1 Å². The molecule has 0 aromatic heterocycles. The van der Waals surface area contributed by atoms with E-state index in [0.29, 0.717) is 30.5 Å². The number of aliphatic imine (C=N–C) groups is 1. The fourth-order valence-corrected chi connectivity index (χ4v) is 6.93. The van der Waals surface area contributed by atoms with Crippen molar-refractivity contribution in [3.63, 3.8) is 0 Å². The van der Waals surface area contributed by atoms with Gasteiger partial charge in [0.25, 0.3) is 5.91 Å². The number of hydrogen-bond acceptors (Lipinski definition) is 8. The van der Waals surface area contributed by atoms with Crippen molar-refractivity contribution in [2.45, 2.75) is 116 Å². The zero-order valence-electron chi connectivity index (χ0n) is 28.9. The van der Waals surface area contributed by atoms with Gasteiger partial charge in [-0.2, -0.15) is 0 Å². The molecular formula is C34H62F2N8O. The summed E-state index contributed by atoms with van der Waals surface area (Å²) < 4.78 is 30.7. The van der Waals surface area contributed by atoms with Crippen molar-refractivity contribution >= 4 is 11.6 Å². The normalized spacial score (nSPS) is 26.3. The van der Waals surface area contributed by atoms with Gasteiger partial charge in [0, 0.05) is 76.4 Å². The van der Waals surface area contributed by atoms with Crippen LogP contribution in [0.3, 0.4) is 0 Å². The number of fused-ring (bicyclic) bond motifs is 1. The minimum Gasteiger partial charge on any atom is -0.386 e. The quantitative estimate of drug-likeness (QED) is 0.142. The van der Waals surface area contributed by atoms with Gasteiger partial charge in [-0.15, -0.1) is 0 Å². The molecule has 11 heteroatoms. The summed E-state index contributed by atoms with van der Waals surface area (Å²) in [5, 5.41) is 9.23. The second kappa shape index (κ2) is 18.9. The number of likely N-dealkylation sites (N-methyl/N-ethyl adjacent to an activating group) is 1. The lowest BCUT2D eigenvalue weighted by molar-refractivity contribution is -0.117. The van der Waals surface area contributed by atoms with E-state index in [1.54, 1.807) is 6.20 Å². The van der Waals surface area contributed by atoms with Gasteiger partial charge in [0.15, 0.2) is 0 Å². The lowest BCUT2D eigenvalue weighted by Crippen LogP contribution is -2.65. The number of amides is 1. The smallest absolute Gasteiger partial charge is 0.256 e. The summed E-state index contributed by atoms with van der Waals surface area (Å²) in [6.07, 6.45) is 7.29. The number of carbonyl (C=O) groups excluding carboxylic acids is 1. The highest BCUT2D eigenvalue weighted by molar-refractivity contribution is 5.97. The first kappa shape index (κ1) is 37.4. The minimum absolute atomic E-state index is 0.0985. The summed E-state index contributed by atoms with van der Waals surface area (Å²) in [6, 6.07) is -0.799. The Kier molecular flexibility index (Phi) is 15.7. The van der Waals surface area contributed by atoms with Gasteiger partial charge in [-0.1, -0.05) is 52.9 Å². The number of hydrogen-bond donors (Lipinski definition) is 4. The maximum Gasteiger partial charge on any atom is 0.256 e. The van der Waals surface area contributed by atoms with Crippen LogP contribution >= 0.6 is 0 Å². The molecule has 3 aliphatic rings. The van der Waals surface area contributed by atoms with Crippen molar-refractivity contribution < 1.29 is 13.6 Å². The zero-order valence-corrected chi connectivity index (χ0v) is 28.9. The third-order valence-corrected chi connectivity index (χ3v) is 9.78. The van der Waals surface area contributed by atoms with Gasteiger partial charge in [0.1, 0.15) is 18.2 Å². The van der Waals surface area contributed by atoms with E-state index < -0.39 is 30.3 Å². The number of nitrogens with one attached hydrogen (secondary N) is 3. The van der Waals surface area contributed by atoms with Crippen LogP contribution in [0.4, 0.5) is 8.78 Å². The van der Waals surface area contributed by atoms with Crippen molar-refractivity contribution in [2.75, 3.05) is 59.4 Å². The topological polar surface area (TPSA) is 101 Å². The Morgan fingerprint density at radius 2 is 1.82 bits per heavy atom. The third kappa shape index (κ3) is 11.3. The molecule has 0 spiro atoms. The number of unbranched alkanes of at least 4 members (excludes halogenated alkanes) is 1. The zero-order chi connectivity index (χ0) is 32.9. The Balaban J connectivity index is 1.71. The van der Waals surface area contributed by atoms with Gasteiger partial charge in [-0.3, -0.25) is 14.6 Å². The molecule has 1 amide bonds. The number of rotatable bonds is 17. The molecule has 0 aromatic carbocycles. The van der Waals surface area contributed by atoms with Crippen LogP contribution in [-0.2, 0) is 4.79 Å². The average Bonchev–Trinajstić information content (AvgIpc) is 3.01. The molecule has 0 bridgehead atoms. The maximum atomic E-state index is 15.6. The van der Waals surface area contributed by atoms with Gasteiger partial charge >= 0.3 is 0 Å². The molecule has 6 atom stereocenters. The van der Waals surface area contributed by atoms with Gasteiger partial charge < -0.3 is 26.6 Å². The first-order chi connectivity index (χ1) is 21.6. The molecule has 258 valence electrons. The number of piperazine rings is 2. The van der Waals surface area contributed by atoms with Crippen LogP contribution in [-0.4, -0.2) is 116 Å². The largest absolute Gasteiger partial charge is 0.386 e. The van der Waals surface area contributed by atoms with Gasteiger partial charge in [0.05, 0.1) is 17.3 Å². The van der Waals surface area contributed by atoms with Crippen LogP contribution in [0.2, 0.25) is 0 Å². The van der Waals surface area contributed by atoms with Crippen LogP contribution < -0.4 is 21.7 Å². The molecule has 9 nitrogen and oxygen atoms in total. The van der Waals surface area contributed by atoms with Crippen molar-refractivity contribution in [3.05, 3.63) is 23.3 Å². The summed E-state index contributed by atoms with van der Waals surface area (Å²) in [4.78, 5) is 25.4. The molecule has 6 unspecified atom stereocenters. The Hall–Kier alpha value is -2.08. The maximum absolute atomic E-state index is 15.6. The predicted octanol–water partition coefficient (Wildman–Crippen LogP) is 3.93. The Morgan fingerprint density at radius 3 is 2.53 bits per heavy atom. The average molecular weight is 637 g/mol. The Labute approximate surface area is 271 Å². The number of carbonyl (C=O) groups is 1. The summed E-state index contributed by atoms with van der Waals surface area (Å²) in [6.45, 7) is 15.7. The third-order valence-electron chi connectivity index (χ3n) is 9.78. The number of nitrogens with zero attached hydrogens (tertiary/aromatic N) is 4. The lowest BCUT2D eigenvalue weighted by atomic mass is 9.91. The summed E-state index contributed by atoms with van der Waals surface area (Å²) in [5.41, 5.74) is 7.96. The molecule has 0 aromatic rings. The van der Waals surface area contributed by atoms with Crippen molar-refractivity contribution in [3.8, 4) is 0 Å². The minimum atomic E-state index is -1.18. The van der Waals surface area contributed by atoms with Crippen LogP contribution in [0.15, 0.2) is 28.3 Å². The molecule has 2 saturated heterocycles. The molecule has 5 N–H and O–H groups in total. The van der Waals surface area contributed by atoms with E-state index in [-0.39, 0.29) is 24.5 Å². The van der Waals surface area contributed by atoms with E-state index in [4.69, 9.17) is 5.73 Å². The van der Waals surface area contributed by atoms with Crippen LogP contribution in [0, 0.1) is 5.92 Å². The highest BCUT2D eigenvalue weighted by Crippen LogP contribution is 2.25. The highest BCUT2D eigenvalue weighted by Gasteiger charge is 2.40. The molecule has 3 heterocycles. The van der Waals surface area contributed by atoms with Crippen molar-refractivity contribution in [1.29, 1.82) is 0 Å². The molecule has 0 aliphatic carbocycles. The number of alkyl halides is 2. The molecule has 2 fully saturated rings. The number of nitrogens with two attached hydrogens (primary N) is 1. The fourth-order valence-electron chi connectivity index (χ4n) is 6.93. The molecule has 3 rings (SSSR count). The Morgan fingerprint density at radius 1 is 1.09 bits per heavy atom. The lowest BCUT2D eigenvalue weighted by Gasteiger charge is -2.49. The molecule has 45 heavy (non-hydrogen) atoms. The van der Waals surface area contributed by atoms with Crippen LogP contribution in [0.5, 0.6) is 0 Å². The summed E-state index contributed by atoms with van der Waals surface area (Å²) in [7, 11) is 2.13. The van der Waals surface area contributed by atoms with E-state index in [1.165, 1.54) is 6.42 Å². The standard InChI is InChI=1S/C34H62F2N8O/c1-7-10-12-26(11-8-2)13-14-27(35)19-39-25(5)31(33(37)40-24(4)9-3)34(45)41-30-21-38-20-29(36)32(30)44-18-17-43-16-15-42(6)22-28(43)23-44/h21,25-29,32,38-39H,7-20,22-23,37H2,1-6H3,(H,41,45)/b33-31+,40-24?. The highest BCUT2D eigenvalue weighted by atomic mass is 19.1. The van der Waals surface area contributed by atoms with Crippen LogP contribution in [0.25, 0.3) is 0 Å². The molecular weight excluding hydrogens is 574 g/mol. The molecule has 0 saturated carbocycles. The molecule has 0 radical (unpaired) electrons. The fraction of sp³-hybridized carbons (Fsp3) is 0.824. The van der Waals surface area contributed by atoms with E-state index in [1.807, 2.05) is 20.8 Å².